The summed E-state index contributed by atoms with van der Waals surface area (Å²) in [5.74, 6) is 0.886. The molecule has 3 aromatic rings. The highest BCUT2D eigenvalue weighted by Crippen LogP contribution is 2.16. The zero-order chi connectivity index (χ0) is 13.2. The van der Waals surface area contributed by atoms with Crippen LogP contribution in [0.25, 0.3) is 5.65 Å². The first-order valence-corrected chi connectivity index (χ1v) is 6.32. The van der Waals surface area contributed by atoms with E-state index >= 15 is 0 Å². The van der Waals surface area contributed by atoms with Gasteiger partial charge in [0.1, 0.15) is 11.4 Å². The highest BCUT2D eigenvalue weighted by Gasteiger charge is 2.04. The molecular weight excluding hydrogens is 236 g/mol. The van der Waals surface area contributed by atoms with Crippen molar-refractivity contribution in [3.8, 4) is 5.75 Å². The van der Waals surface area contributed by atoms with E-state index in [1.54, 1.807) is 7.11 Å². The molecular formula is C16H16N2O. The molecule has 3 nitrogen and oxygen atoms in total. The second-order valence-electron chi connectivity index (χ2n) is 4.73. The average molecular weight is 252 g/mol. The van der Waals surface area contributed by atoms with Gasteiger partial charge in [0.25, 0.3) is 0 Å². The van der Waals surface area contributed by atoms with Gasteiger partial charge in [0.05, 0.1) is 12.8 Å². The summed E-state index contributed by atoms with van der Waals surface area (Å²) in [6, 6.07) is 12.3. The summed E-state index contributed by atoms with van der Waals surface area (Å²) in [6.07, 6.45) is 4.94. The number of hydrogen-bond acceptors (Lipinski definition) is 2. The first-order valence-electron chi connectivity index (χ1n) is 6.32. The fourth-order valence-electron chi connectivity index (χ4n) is 2.21. The quantitative estimate of drug-likeness (QED) is 0.715. The van der Waals surface area contributed by atoms with Crippen LogP contribution in [0.4, 0.5) is 0 Å². The molecule has 0 radical (unpaired) electrons. The van der Waals surface area contributed by atoms with Gasteiger partial charge in [-0.05, 0) is 42.3 Å². The lowest BCUT2D eigenvalue weighted by Crippen LogP contribution is -1.89. The maximum atomic E-state index is 5.24. The molecule has 0 spiro atoms. The smallest absolute Gasteiger partial charge is 0.137 e. The first-order chi connectivity index (χ1) is 9.24. The van der Waals surface area contributed by atoms with Gasteiger partial charge in [-0.1, -0.05) is 12.1 Å². The first kappa shape index (κ1) is 11.8. The van der Waals surface area contributed by atoms with Crippen molar-refractivity contribution < 1.29 is 4.74 Å². The second-order valence-corrected chi connectivity index (χ2v) is 4.73. The molecule has 0 aliphatic carbocycles. The van der Waals surface area contributed by atoms with E-state index in [2.05, 4.69) is 46.8 Å². The third-order valence-electron chi connectivity index (χ3n) is 3.18. The number of aromatic nitrogens is 2. The highest BCUT2D eigenvalue weighted by molar-refractivity contribution is 5.43. The molecule has 2 heterocycles. The summed E-state index contributed by atoms with van der Waals surface area (Å²) in [7, 11) is 1.69. The van der Waals surface area contributed by atoms with Crippen LogP contribution < -0.4 is 4.74 Å². The van der Waals surface area contributed by atoms with Crippen molar-refractivity contribution in [3.05, 3.63) is 65.6 Å². The Morgan fingerprint density at radius 1 is 1.21 bits per heavy atom. The average Bonchev–Trinajstić information content (AvgIpc) is 2.80. The van der Waals surface area contributed by atoms with Gasteiger partial charge in [0, 0.05) is 18.8 Å². The molecule has 0 fully saturated rings. The number of aryl methyl sites for hydroxylation is 1. The Bertz CT molecular complexity index is 716. The minimum absolute atomic E-state index is 0.817. The lowest BCUT2D eigenvalue weighted by Gasteiger charge is -2.02. The molecule has 3 rings (SSSR count). The summed E-state index contributed by atoms with van der Waals surface area (Å²) in [5, 5.41) is 0. The zero-order valence-electron chi connectivity index (χ0n) is 11.1. The maximum absolute atomic E-state index is 5.24. The Hall–Kier alpha value is -2.29. The Balaban J connectivity index is 1.92. The monoisotopic (exact) mass is 252 g/mol. The number of imidazole rings is 1. The van der Waals surface area contributed by atoms with Crippen LogP contribution in [0.5, 0.6) is 5.75 Å². The Morgan fingerprint density at radius 2 is 2.11 bits per heavy atom. The molecule has 0 amide bonds. The number of methoxy groups -OCH3 is 1. The molecule has 0 saturated carbocycles. The van der Waals surface area contributed by atoms with Crippen LogP contribution in [0, 0.1) is 6.92 Å². The molecule has 0 bridgehead atoms. The third kappa shape index (κ3) is 2.45. The van der Waals surface area contributed by atoms with Crippen LogP contribution in [0.2, 0.25) is 0 Å². The Kier molecular flexibility index (Phi) is 2.95. The third-order valence-corrected chi connectivity index (χ3v) is 3.18. The lowest BCUT2D eigenvalue weighted by atomic mass is 10.1. The normalized spacial score (nSPS) is 10.8. The maximum Gasteiger partial charge on any atom is 0.137 e. The van der Waals surface area contributed by atoms with Gasteiger partial charge in [-0.3, -0.25) is 0 Å². The fraction of sp³-hybridized carbons (Fsp3) is 0.188. The number of ether oxygens (including phenoxy) is 1. The molecule has 0 aliphatic heterocycles. The number of pyridine rings is 1. The zero-order valence-corrected chi connectivity index (χ0v) is 11.1. The number of benzene rings is 1. The highest BCUT2D eigenvalue weighted by atomic mass is 16.5. The van der Waals surface area contributed by atoms with Crippen molar-refractivity contribution in [2.45, 2.75) is 13.3 Å². The lowest BCUT2D eigenvalue weighted by molar-refractivity contribution is 0.414. The van der Waals surface area contributed by atoms with E-state index in [1.807, 2.05) is 18.3 Å². The van der Waals surface area contributed by atoms with Crippen LogP contribution in [-0.4, -0.2) is 16.5 Å². The minimum atomic E-state index is 0.817. The largest absolute Gasteiger partial charge is 0.497 e. The molecule has 1 aromatic carbocycles. The topological polar surface area (TPSA) is 26.5 Å². The SMILES string of the molecule is COc1cccc(Cc2cn3ccc(C)cc3n2)c1. The van der Waals surface area contributed by atoms with Gasteiger partial charge in [0.2, 0.25) is 0 Å². The second kappa shape index (κ2) is 4.76. The Labute approximate surface area is 112 Å². The molecule has 0 N–H and O–H groups in total. The molecule has 0 atom stereocenters. The van der Waals surface area contributed by atoms with Gasteiger partial charge < -0.3 is 9.14 Å². The molecule has 0 saturated heterocycles. The van der Waals surface area contributed by atoms with Crippen molar-refractivity contribution in [2.75, 3.05) is 7.11 Å². The van der Waals surface area contributed by atoms with Crippen molar-refractivity contribution in [3.63, 3.8) is 0 Å². The molecule has 0 unspecified atom stereocenters. The van der Waals surface area contributed by atoms with Gasteiger partial charge in [-0.2, -0.15) is 0 Å². The summed E-state index contributed by atoms with van der Waals surface area (Å²) in [5.41, 5.74) is 4.50. The van der Waals surface area contributed by atoms with Crippen molar-refractivity contribution in [2.24, 2.45) is 0 Å². The number of hydrogen-bond donors (Lipinski definition) is 0. The van der Waals surface area contributed by atoms with Gasteiger partial charge in [-0.15, -0.1) is 0 Å². The summed E-state index contributed by atoms with van der Waals surface area (Å²) in [6.45, 7) is 2.08. The van der Waals surface area contributed by atoms with Crippen LogP contribution in [0.15, 0.2) is 48.8 Å². The van der Waals surface area contributed by atoms with Crippen molar-refractivity contribution in [1.29, 1.82) is 0 Å². The van der Waals surface area contributed by atoms with Gasteiger partial charge >= 0.3 is 0 Å². The predicted octanol–water partition coefficient (Wildman–Crippen LogP) is 3.24. The van der Waals surface area contributed by atoms with E-state index in [4.69, 9.17) is 4.74 Å². The van der Waals surface area contributed by atoms with Crippen LogP contribution in [-0.2, 0) is 6.42 Å². The van der Waals surface area contributed by atoms with E-state index in [0.717, 1.165) is 23.5 Å². The fourth-order valence-corrected chi connectivity index (χ4v) is 2.21. The van der Waals surface area contributed by atoms with E-state index < -0.39 is 0 Å². The molecule has 2 aromatic heterocycles. The van der Waals surface area contributed by atoms with Crippen molar-refractivity contribution >= 4 is 5.65 Å². The standard InChI is InChI=1S/C16H16N2O/c1-12-6-7-18-11-14(17-16(18)8-12)9-13-4-3-5-15(10-13)19-2/h3-8,10-11H,9H2,1-2H3. The van der Waals surface area contributed by atoms with Crippen LogP contribution in [0.3, 0.4) is 0 Å². The summed E-state index contributed by atoms with van der Waals surface area (Å²) < 4.78 is 7.30. The van der Waals surface area contributed by atoms with E-state index in [-0.39, 0.29) is 0 Å². The molecule has 19 heavy (non-hydrogen) atoms. The van der Waals surface area contributed by atoms with Crippen molar-refractivity contribution in [1.82, 2.24) is 9.38 Å². The number of fused-ring (bicyclic) bond motifs is 1. The van der Waals surface area contributed by atoms with E-state index in [0.29, 0.717) is 0 Å². The molecule has 96 valence electrons. The Morgan fingerprint density at radius 3 is 2.95 bits per heavy atom. The molecule has 3 heteroatoms. The number of nitrogens with zero attached hydrogens (tertiary/aromatic N) is 2. The van der Waals surface area contributed by atoms with E-state index in [1.165, 1.54) is 11.1 Å². The van der Waals surface area contributed by atoms with Gasteiger partial charge in [-0.25, -0.2) is 4.98 Å². The summed E-state index contributed by atoms with van der Waals surface area (Å²) in [4.78, 5) is 4.65. The molecule has 0 aliphatic rings. The van der Waals surface area contributed by atoms with Crippen LogP contribution >= 0.6 is 0 Å². The number of rotatable bonds is 3. The predicted molar refractivity (Wildman–Crippen MR) is 75.7 cm³/mol. The summed E-state index contributed by atoms with van der Waals surface area (Å²) >= 11 is 0. The minimum Gasteiger partial charge on any atom is -0.497 e. The van der Waals surface area contributed by atoms with Crippen LogP contribution in [0.1, 0.15) is 16.8 Å². The van der Waals surface area contributed by atoms with Gasteiger partial charge in [0.15, 0.2) is 0 Å². The van der Waals surface area contributed by atoms with E-state index in [9.17, 15) is 0 Å².